The first-order chi connectivity index (χ1) is 11.5. The molecule has 0 radical (unpaired) electrons. The topological polar surface area (TPSA) is 67.2 Å². The van der Waals surface area contributed by atoms with Gasteiger partial charge in [0.15, 0.2) is 5.82 Å². The van der Waals surface area contributed by atoms with Crippen molar-refractivity contribution in [3.63, 3.8) is 0 Å². The van der Waals surface area contributed by atoms with Crippen LogP contribution in [0.3, 0.4) is 0 Å². The molecule has 0 aliphatic heterocycles. The number of nitrogens with zero attached hydrogens (tertiary/aromatic N) is 1. The third-order valence-electron chi connectivity index (χ3n) is 4.78. The summed E-state index contributed by atoms with van der Waals surface area (Å²) in [7, 11) is 0. The van der Waals surface area contributed by atoms with Gasteiger partial charge >= 0.3 is 0 Å². The van der Waals surface area contributed by atoms with Gasteiger partial charge in [0.25, 0.3) is 0 Å². The quantitative estimate of drug-likeness (QED) is 0.880. The molecule has 3 rings (SSSR count). The molecule has 0 saturated carbocycles. The van der Waals surface area contributed by atoms with Gasteiger partial charge in [0.1, 0.15) is 5.76 Å². The highest BCUT2D eigenvalue weighted by molar-refractivity contribution is 5.89. The summed E-state index contributed by atoms with van der Waals surface area (Å²) < 4.78 is 4.95. The van der Waals surface area contributed by atoms with Gasteiger partial charge in [-0.2, -0.15) is 0 Å². The molecule has 5 nitrogen and oxygen atoms in total. The minimum absolute atomic E-state index is 0.0577. The number of aromatic nitrogens is 1. The van der Waals surface area contributed by atoms with E-state index in [0.29, 0.717) is 24.5 Å². The van der Waals surface area contributed by atoms with Crippen LogP contribution in [-0.4, -0.2) is 17.6 Å². The van der Waals surface area contributed by atoms with Gasteiger partial charge in [-0.05, 0) is 36.3 Å². The van der Waals surface area contributed by atoms with Crippen molar-refractivity contribution in [2.75, 3.05) is 11.9 Å². The molecule has 1 aromatic heterocycles. The number of amides is 1. The fourth-order valence-electron chi connectivity index (χ4n) is 3.41. The van der Waals surface area contributed by atoms with Crippen LogP contribution in [0.15, 0.2) is 34.9 Å². The maximum atomic E-state index is 12.0. The van der Waals surface area contributed by atoms with E-state index in [1.165, 1.54) is 11.1 Å². The van der Waals surface area contributed by atoms with Crippen LogP contribution in [-0.2, 0) is 11.2 Å². The minimum atomic E-state index is -0.0577. The number of carbonyl (C=O) groups excluding carboxylic acids is 1. The van der Waals surface area contributed by atoms with Crippen LogP contribution in [0.2, 0.25) is 0 Å². The number of rotatable bonds is 5. The fourth-order valence-corrected chi connectivity index (χ4v) is 3.41. The molecule has 0 fully saturated rings. The highest BCUT2D eigenvalue weighted by atomic mass is 16.5. The molecule has 2 N–H and O–H groups in total. The molecule has 2 aromatic rings. The highest BCUT2D eigenvalue weighted by Gasteiger charge is 2.35. The lowest BCUT2D eigenvalue weighted by molar-refractivity contribution is -0.116. The summed E-state index contributed by atoms with van der Waals surface area (Å²) in [4.78, 5) is 12.0. The van der Waals surface area contributed by atoms with Crippen LogP contribution < -0.4 is 10.6 Å². The Morgan fingerprint density at radius 2 is 2.17 bits per heavy atom. The second-order valence-corrected chi connectivity index (χ2v) is 7.20. The number of hydrogen-bond acceptors (Lipinski definition) is 4. The summed E-state index contributed by atoms with van der Waals surface area (Å²) in [5.41, 5.74) is 2.95. The molecule has 0 unspecified atom stereocenters. The van der Waals surface area contributed by atoms with Gasteiger partial charge in [-0.3, -0.25) is 4.79 Å². The van der Waals surface area contributed by atoms with Crippen molar-refractivity contribution in [1.82, 2.24) is 10.5 Å². The van der Waals surface area contributed by atoms with E-state index in [1.54, 1.807) is 13.0 Å². The Balaban J connectivity index is 1.58. The van der Waals surface area contributed by atoms with E-state index < -0.39 is 0 Å². The van der Waals surface area contributed by atoms with Crippen LogP contribution in [0.25, 0.3) is 0 Å². The summed E-state index contributed by atoms with van der Waals surface area (Å²) in [5, 5.41) is 10.1. The largest absolute Gasteiger partial charge is 0.360 e. The van der Waals surface area contributed by atoms with Gasteiger partial charge in [0.05, 0.1) is 0 Å². The summed E-state index contributed by atoms with van der Waals surface area (Å²) in [5.74, 6) is 1.10. The summed E-state index contributed by atoms with van der Waals surface area (Å²) in [6.45, 7) is 7.01. The molecule has 1 heterocycles. The third-order valence-corrected chi connectivity index (χ3v) is 4.78. The molecule has 5 heteroatoms. The normalized spacial score (nSPS) is 18.9. The molecule has 1 amide bonds. The van der Waals surface area contributed by atoms with E-state index in [0.717, 1.165) is 12.8 Å². The van der Waals surface area contributed by atoms with E-state index in [1.807, 2.05) is 0 Å². The Morgan fingerprint density at radius 3 is 2.92 bits per heavy atom. The monoisotopic (exact) mass is 327 g/mol. The number of nitrogens with one attached hydrogen (secondary N) is 2. The zero-order chi connectivity index (χ0) is 17.2. The van der Waals surface area contributed by atoms with Crippen molar-refractivity contribution >= 4 is 11.7 Å². The lowest BCUT2D eigenvalue weighted by Crippen LogP contribution is -2.39. The Kier molecular flexibility index (Phi) is 4.71. The highest BCUT2D eigenvalue weighted by Crippen LogP contribution is 2.43. The van der Waals surface area contributed by atoms with Crippen molar-refractivity contribution in [1.29, 1.82) is 0 Å². The first-order valence-corrected chi connectivity index (χ1v) is 8.50. The predicted molar refractivity (Wildman–Crippen MR) is 93.8 cm³/mol. The van der Waals surface area contributed by atoms with Gasteiger partial charge in [0, 0.05) is 25.1 Å². The molecule has 24 heavy (non-hydrogen) atoms. The Labute approximate surface area is 142 Å². The maximum Gasteiger partial charge on any atom is 0.226 e. The van der Waals surface area contributed by atoms with Crippen LogP contribution in [0.4, 0.5) is 5.82 Å². The lowest BCUT2D eigenvalue weighted by atomic mass is 9.70. The lowest BCUT2D eigenvalue weighted by Gasteiger charge is -2.40. The van der Waals surface area contributed by atoms with Crippen LogP contribution >= 0.6 is 0 Å². The molecule has 1 aromatic carbocycles. The van der Waals surface area contributed by atoms with Crippen molar-refractivity contribution in [2.45, 2.75) is 46.1 Å². The predicted octanol–water partition coefficient (Wildman–Crippen LogP) is 3.61. The number of carbonyl (C=O) groups is 1. The first kappa shape index (κ1) is 16.7. The maximum absolute atomic E-state index is 12.0. The van der Waals surface area contributed by atoms with Crippen molar-refractivity contribution in [2.24, 2.45) is 5.41 Å². The van der Waals surface area contributed by atoms with E-state index in [2.05, 4.69) is 53.9 Å². The standard InChI is InChI=1S/C19H25N3O2/c1-13-12-16(22-24-13)21-17(23)9-11-20-18-15-7-5-4-6-14(15)8-10-19(18,2)3/h4-7,12,18,20H,8-11H2,1-3H3,(H,21,22,23)/t18-/m0/s1. The number of aryl methyl sites for hydroxylation is 2. The van der Waals surface area contributed by atoms with Crippen LogP contribution in [0, 0.1) is 12.3 Å². The van der Waals surface area contributed by atoms with E-state index >= 15 is 0 Å². The second kappa shape index (κ2) is 6.77. The molecular formula is C19H25N3O2. The van der Waals surface area contributed by atoms with E-state index in [-0.39, 0.29) is 17.4 Å². The van der Waals surface area contributed by atoms with Crippen molar-refractivity contribution < 1.29 is 9.32 Å². The van der Waals surface area contributed by atoms with Gasteiger partial charge < -0.3 is 15.2 Å². The Bertz CT molecular complexity index is 721. The Hall–Kier alpha value is -2.14. The number of fused-ring (bicyclic) bond motifs is 1. The molecular weight excluding hydrogens is 302 g/mol. The molecule has 1 aliphatic carbocycles. The SMILES string of the molecule is Cc1cc(NC(=O)CCN[C@H]2c3ccccc3CCC2(C)C)no1. The smallest absolute Gasteiger partial charge is 0.226 e. The third kappa shape index (κ3) is 3.67. The molecule has 1 aliphatic rings. The zero-order valence-electron chi connectivity index (χ0n) is 14.6. The molecule has 0 bridgehead atoms. The average molecular weight is 327 g/mol. The van der Waals surface area contributed by atoms with E-state index in [4.69, 9.17) is 4.52 Å². The van der Waals surface area contributed by atoms with Crippen molar-refractivity contribution in [3.05, 3.63) is 47.2 Å². The molecule has 0 spiro atoms. The summed E-state index contributed by atoms with van der Waals surface area (Å²) in [6, 6.07) is 10.6. The van der Waals surface area contributed by atoms with Crippen LogP contribution in [0.5, 0.6) is 0 Å². The van der Waals surface area contributed by atoms with Gasteiger partial charge in [-0.25, -0.2) is 0 Å². The van der Waals surface area contributed by atoms with Crippen LogP contribution in [0.1, 0.15) is 49.6 Å². The summed E-state index contributed by atoms with van der Waals surface area (Å²) in [6.07, 6.45) is 2.67. The number of hydrogen-bond donors (Lipinski definition) is 2. The molecule has 0 saturated heterocycles. The van der Waals surface area contributed by atoms with Gasteiger partial charge in [-0.15, -0.1) is 0 Å². The zero-order valence-corrected chi connectivity index (χ0v) is 14.6. The number of benzene rings is 1. The van der Waals surface area contributed by atoms with Gasteiger partial charge in [-0.1, -0.05) is 43.3 Å². The number of anilines is 1. The van der Waals surface area contributed by atoms with E-state index in [9.17, 15) is 4.79 Å². The van der Waals surface area contributed by atoms with Gasteiger partial charge in [0.2, 0.25) is 5.91 Å². The second-order valence-electron chi connectivity index (χ2n) is 7.20. The fraction of sp³-hybridized carbons (Fsp3) is 0.474. The Morgan fingerprint density at radius 1 is 1.38 bits per heavy atom. The minimum Gasteiger partial charge on any atom is -0.360 e. The average Bonchev–Trinajstić information content (AvgIpc) is 2.94. The summed E-state index contributed by atoms with van der Waals surface area (Å²) >= 11 is 0. The molecule has 1 atom stereocenters. The first-order valence-electron chi connectivity index (χ1n) is 8.50. The van der Waals surface area contributed by atoms with Crippen molar-refractivity contribution in [3.8, 4) is 0 Å². The molecule has 128 valence electrons.